The number of carbonyl (C=O) groups is 3. The minimum absolute atomic E-state index is 0.00352. The lowest BCUT2D eigenvalue weighted by Gasteiger charge is -2.58. The van der Waals surface area contributed by atoms with Gasteiger partial charge >= 0.3 is 17.9 Å². The van der Waals surface area contributed by atoms with E-state index in [1.807, 2.05) is 6.92 Å². The van der Waals surface area contributed by atoms with Gasteiger partial charge in [-0.3, -0.25) is 0 Å². The third kappa shape index (κ3) is 3.55. The van der Waals surface area contributed by atoms with Crippen molar-refractivity contribution in [2.45, 2.75) is 81.3 Å². The maximum Gasteiger partial charge on any atom is 0.335 e. The molecule has 208 valence electrons. The summed E-state index contributed by atoms with van der Waals surface area (Å²) in [5.41, 5.74) is -3.06. The van der Waals surface area contributed by atoms with Gasteiger partial charge in [0.15, 0.2) is 6.10 Å². The number of rotatable bonds is 1. The van der Waals surface area contributed by atoms with Crippen LogP contribution in [0.5, 0.6) is 0 Å². The lowest BCUT2D eigenvalue weighted by molar-refractivity contribution is -0.253. The topological polar surface area (TPSA) is 154 Å². The monoisotopic (exact) mass is 534 g/mol. The van der Waals surface area contributed by atoms with Gasteiger partial charge in [0.05, 0.1) is 37.4 Å². The summed E-state index contributed by atoms with van der Waals surface area (Å²) in [5, 5.41) is 20.7. The van der Waals surface area contributed by atoms with E-state index in [0.717, 1.165) is 0 Å². The van der Waals surface area contributed by atoms with Crippen molar-refractivity contribution in [3.63, 3.8) is 0 Å². The van der Waals surface area contributed by atoms with Crippen molar-refractivity contribution in [1.82, 2.24) is 0 Å². The smallest absolute Gasteiger partial charge is 0.335 e. The molecule has 5 fully saturated rings. The van der Waals surface area contributed by atoms with Crippen molar-refractivity contribution in [2.75, 3.05) is 26.4 Å². The van der Waals surface area contributed by atoms with E-state index in [-0.39, 0.29) is 32.3 Å². The Morgan fingerprint density at radius 1 is 1.00 bits per heavy atom. The van der Waals surface area contributed by atoms with E-state index in [9.17, 15) is 24.6 Å². The Hall–Kier alpha value is -2.31. The first-order valence-electron chi connectivity index (χ1n) is 13.3. The zero-order valence-electron chi connectivity index (χ0n) is 21.5. The highest BCUT2D eigenvalue weighted by Crippen LogP contribution is 2.75. The first-order valence-corrected chi connectivity index (χ1v) is 13.3. The molecule has 2 bridgehead atoms. The Kier molecular flexibility index (Phi) is 6.04. The summed E-state index contributed by atoms with van der Waals surface area (Å²) in [6.07, 6.45) is 3.53. The van der Waals surface area contributed by atoms with Crippen LogP contribution in [0.2, 0.25) is 0 Å². The maximum absolute atomic E-state index is 13.0. The van der Waals surface area contributed by atoms with Crippen LogP contribution in [-0.2, 0) is 42.8 Å². The number of fused-ring (bicyclic) bond motifs is 2. The number of carbonyl (C=O) groups excluding carboxylic acids is 3. The molecule has 11 heteroatoms. The number of cyclic esters (lactones) is 2. The Labute approximate surface area is 220 Å². The van der Waals surface area contributed by atoms with Gasteiger partial charge in [-0.25, -0.2) is 14.4 Å². The van der Waals surface area contributed by atoms with Crippen LogP contribution in [0.25, 0.3) is 0 Å². The molecular formula is C27H34O11. The average molecular weight is 535 g/mol. The van der Waals surface area contributed by atoms with Crippen molar-refractivity contribution in [2.24, 2.45) is 16.7 Å². The Balaban J connectivity index is 1.38. The van der Waals surface area contributed by atoms with Gasteiger partial charge in [0.25, 0.3) is 0 Å². The molecule has 0 unspecified atom stereocenters. The van der Waals surface area contributed by atoms with Gasteiger partial charge in [0, 0.05) is 24.0 Å². The zero-order chi connectivity index (χ0) is 26.9. The molecule has 4 aliphatic heterocycles. The van der Waals surface area contributed by atoms with Crippen molar-refractivity contribution < 1.29 is 53.0 Å². The fraction of sp³-hybridized carbons (Fsp3) is 0.741. The molecule has 0 aromatic heterocycles. The average Bonchev–Trinajstić information content (AvgIpc) is 3.81. The predicted octanol–water partition coefficient (Wildman–Crippen LogP) is 0.354. The summed E-state index contributed by atoms with van der Waals surface area (Å²) in [5.74, 6) is -2.51. The summed E-state index contributed by atoms with van der Waals surface area (Å²) in [6, 6.07) is 0. The highest BCUT2D eigenvalue weighted by molar-refractivity contribution is 5.84. The number of esters is 3. The van der Waals surface area contributed by atoms with E-state index in [1.54, 1.807) is 6.92 Å². The third-order valence-corrected chi connectivity index (χ3v) is 10.1. The van der Waals surface area contributed by atoms with Crippen LogP contribution >= 0.6 is 0 Å². The summed E-state index contributed by atoms with van der Waals surface area (Å²) in [7, 11) is 0. The van der Waals surface area contributed by atoms with E-state index in [1.165, 1.54) is 24.3 Å². The second-order valence-corrected chi connectivity index (χ2v) is 11.7. The first kappa shape index (κ1) is 25.9. The van der Waals surface area contributed by atoms with Crippen LogP contribution in [0.3, 0.4) is 0 Å². The van der Waals surface area contributed by atoms with E-state index in [4.69, 9.17) is 28.4 Å². The number of ether oxygens (including phenoxy) is 6. The summed E-state index contributed by atoms with van der Waals surface area (Å²) >= 11 is 0. The molecule has 0 aromatic rings. The van der Waals surface area contributed by atoms with Crippen LogP contribution in [-0.4, -0.2) is 96.3 Å². The number of allylic oxidation sites excluding steroid dienone is 2. The first-order chi connectivity index (χ1) is 18.1. The molecule has 6 rings (SSSR count). The fourth-order valence-corrected chi connectivity index (χ4v) is 7.45. The van der Waals surface area contributed by atoms with Crippen LogP contribution < -0.4 is 0 Å². The molecule has 2 spiro atoms. The molecule has 2 saturated carbocycles. The fourth-order valence-electron chi connectivity index (χ4n) is 7.45. The molecule has 0 aromatic carbocycles. The number of epoxide rings is 2. The third-order valence-electron chi connectivity index (χ3n) is 10.1. The highest BCUT2D eigenvalue weighted by Gasteiger charge is 2.87. The van der Waals surface area contributed by atoms with Crippen molar-refractivity contribution in [1.29, 1.82) is 0 Å². The van der Waals surface area contributed by atoms with Crippen LogP contribution in [0, 0.1) is 16.7 Å². The quantitative estimate of drug-likeness (QED) is 0.272. The summed E-state index contributed by atoms with van der Waals surface area (Å²) < 4.78 is 35.7. The Morgan fingerprint density at radius 3 is 2.45 bits per heavy atom. The van der Waals surface area contributed by atoms with Crippen LogP contribution in [0.1, 0.15) is 39.5 Å². The summed E-state index contributed by atoms with van der Waals surface area (Å²) in [4.78, 5) is 37.8. The molecule has 4 heterocycles. The molecule has 11 nitrogen and oxygen atoms in total. The van der Waals surface area contributed by atoms with E-state index < -0.39 is 70.3 Å². The van der Waals surface area contributed by atoms with Crippen molar-refractivity contribution in [3.8, 4) is 0 Å². The molecule has 0 amide bonds. The van der Waals surface area contributed by atoms with E-state index >= 15 is 0 Å². The second kappa shape index (κ2) is 8.85. The van der Waals surface area contributed by atoms with Gasteiger partial charge < -0.3 is 38.6 Å². The van der Waals surface area contributed by atoms with Gasteiger partial charge in [0.1, 0.15) is 30.0 Å². The van der Waals surface area contributed by atoms with Gasteiger partial charge in [0.2, 0.25) is 0 Å². The number of aliphatic hydroxyl groups excluding tert-OH is 2. The van der Waals surface area contributed by atoms with E-state index in [0.29, 0.717) is 25.9 Å². The minimum Gasteiger partial charge on any atom is -0.463 e. The number of hydrogen-bond acceptors (Lipinski definition) is 11. The predicted molar refractivity (Wildman–Crippen MR) is 126 cm³/mol. The van der Waals surface area contributed by atoms with E-state index in [2.05, 4.69) is 0 Å². The van der Waals surface area contributed by atoms with Crippen molar-refractivity contribution in [3.05, 3.63) is 24.3 Å². The molecule has 0 radical (unpaired) electrons. The molecule has 38 heavy (non-hydrogen) atoms. The van der Waals surface area contributed by atoms with Crippen molar-refractivity contribution >= 4 is 17.9 Å². The molecular weight excluding hydrogens is 500 g/mol. The van der Waals surface area contributed by atoms with Gasteiger partial charge in [-0.05, 0) is 25.2 Å². The van der Waals surface area contributed by atoms with Gasteiger partial charge in [-0.15, -0.1) is 0 Å². The molecule has 3 saturated heterocycles. The van der Waals surface area contributed by atoms with Gasteiger partial charge in [-0.2, -0.15) is 0 Å². The Morgan fingerprint density at radius 2 is 1.74 bits per heavy atom. The lowest BCUT2D eigenvalue weighted by atomic mass is 9.50. The minimum atomic E-state index is -1.42. The normalized spacial score (nSPS) is 51.8. The van der Waals surface area contributed by atoms with Crippen LogP contribution in [0.15, 0.2) is 24.3 Å². The number of aliphatic hydroxyl groups is 2. The number of hydrogen-bond donors (Lipinski definition) is 2. The second-order valence-electron chi connectivity index (χ2n) is 11.7. The largest absolute Gasteiger partial charge is 0.463 e. The summed E-state index contributed by atoms with van der Waals surface area (Å²) in [6.45, 7) is 3.87. The molecule has 6 aliphatic rings. The lowest BCUT2D eigenvalue weighted by Crippen LogP contribution is -2.69. The maximum atomic E-state index is 13.0. The SMILES string of the molecule is C[C@@H]1CCOC(=O)/C=C\C=C/C(=O)O[C@@H]2C[C@H]3O[C@@H]4[C@@H]5O[C@]5(CO)CC[C@]4(COC(=O)[C@H]1O)[C@]2(C)[C@@]31CO1. The molecule has 10 atom stereocenters. The highest BCUT2D eigenvalue weighted by atomic mass is 16.7. The zero-order valence-corrected chi connectivity index (χ0v) is 21.5. The Bertz CT molecular complexity index is 1080. The van der Waals surface area contributed by atoms with Gasteiger partial charge in [-0.1, -0.05) is 26.0 Å². The molecule has 2 N–H and O–H groups in total. The standard InChI is InChI=1S/C27H34O11/c1-15-7-10-33-18(29)5-3-4-6-19(30)36-16-11-17-27(14-35-27)24(16,2)25(13-34-23(32)20(15)31)8-9-26(12-28)22(38-26)21(25)37-17/h3-6,15-17,20-22,28,31H,7-14H2,1-2H3/b5-3-,6-4-/t15-,16-,17-,20+,21-,22+,24-,25-,26+,27-/m1/s1. The molecule has 2 aliphatic carbocycles. The van der Waals surface area contributed by atoms with Crippen LogP contribution in [0.4, 0.5) is 0 Å².